The Kier molecular flexibility index (Phi) is 6.98. The van der Waals surface area contributed by atoms with Crippen LogP contribution in [-0.4, -0.2) is 30.9 Å². The van der Waals surface area contributed by atoms with Crippen molar-refractivity contribution in [1.82, 2.24) is 4.57 Å². The summed E-state index contributed by atoms with van der Waals surface area (Å²) in [6.45, 7) is 12.0. The molecule has 0 radical (unpaired) electrons. The summed E-state index contributed by atoms with van der Waals surface area (Å²) in [5.74, 6) is 0.314. The normalized spacial score (nSPS) is 12.1. The minimum atomic E-state index is -0.460. The lowest BCUT2D eigenvalue weighted by atomic mass is 9.80. The number of benzene rings is 4. The number of aryl methyl sites for hydroxylation is 2. The summed E-state index contributed by atoms with van der Waals surface area (Å²) in [4.78, 5) is 17.5. The number of para-hydroxylation sites is 1. The fourth-order valence-electron chi connectivity index (χ4n) is 5.98. The van der Waals surface area contributed by atoms with Gasteiger partial charge in [0.2, 0.25) is 5.69 Å². The van der Waals surface area contributed by atoms with Gasteiger partial charge in [-0.25, -0.2) is 9.64 Å². The van der Waals surface area contributed by atoms with Crippen LogP contribution < -0.4 is 4.74 Å². The minimum absolute atomic E-state index is 0.235. The predicted octanol–water partition coefficient (Wildman–Crippen LogP) is 7.51. The monoisotopic (exact) mass is 530 g/mol. The molecular weight excluding hydrogens is 500 g/mol. The molecule has 0 fully saturated rings. The number of methoxy groups -OCH3 is 1. The molecular formula is C34H30N2O4. The molecule has 0 aliphatic heterocycles. The first kappa shape index (κ1) is 25.7. The molecule has 0 atom stereocenters. The summed E-state index contributed by atoms with van der Waals surface area (Å²) in [6, 6.07) is 24.2. The van der Waals surface area contributed by atoms with Gasteiger partial charge in [0.1, 0.15) is 5.75 Å². The van der Waals surface area contributed by atoms with Gasteiger partial charge in [-0.05, 0) is 71.2 Å². The van der Waals surface area contributed by atoms with E-state index in [1.165, 1.54) is 0 Å². The van der Waals surface area contributed by atoms with Crippen molar-refractivity contribution in [2.45, 2.75) is 32.9 Å². The molecule has 1 aliphatic rings. The first-order valence-electron chi connectivity index (χ1n) is 13.6. The van der Waals surface area contributed by atoms with Gasteiger partial charge in [0.05, 0.1) is 39.1 Å². The molecule has 0 N–H and O–H groups in total. The summed E-state index contributed by atoms with van der Waals surface area (Å²) < 4.78 is 19.4. The van der Waals surface area contributed by atoms with Crippen molar-refractivity contribution in [3.05, 3.63) is 106 Å². The van der Waals surface area contributed by atoms with Crippen LogP contribution in [0.2, 0.25) is 0 Å². The molecule has 6 heteroatoms. The van der Waals surface area contributed by atoms with Gasteiger partial charge >= 0.3 is 5.97 Å². The topological polar surface area (TPSA) is 54.1 Å². The van der Waals surface area contributed by atoms with Crippen LogP contribution in [0.3, 0.4) is 0 Å². The van der Waals surface area contributed by atoms with Crippen LogP contribution in [0, 0.1) is 6.57 Å². The average molecular weight is 531 g/mol. The third kappa shape index (κ3) is 4.29. The standard InChI is InChI=1S/C34H30N2O4/c1-4-40-34(37)31-29-25-17-15-24(38-3)20-23(25)14-16-27(29)33-30(32(31)35-2)26-12-8-9-13-28(26)36(33)18-19-39-21-22-10-6-5-7-11-22/h5-13,15,17,20H,4,14,16,18-19,21H2,1,3H3. The molecule has 4 aromatic carbocycles. The van der Waals surface area contributed by atoms with Crippen molar-refractivity contribution in [2.75, 3.05) is 20.3 Å². The van der Waals surface area contributed by atoms with Crippen molar-refractivity contribution in [3.63, 3.8) is 0 Å². The van der Waals surface area contributed by atoms with Crippen LogP contribution in [0.5, 0.6) is 5.75 Å². The maximum atomic E-state index is 13.5. The molecule has 0 saturated heterocycles. The third-order valence-electron chi connectivity index (χ3n) is 7.67. The molecule has 40 heavy (non-hydrogen) atoms. The van der Waals surface area contributed by atoms with Crippen LogP contribution in [0.25, 0.3) is 37.8 Å². The van der Waals surface area contributed by atoms with E-state index in [4.69, 9.17) is 20.8 Å². The molecule has 1 aromatic heterocycles. The number of ether oxygens (including phenoxy) is 3. The number of carbonyl (C=O) groups excluding carboxylic acids is 1. The van der Waals surface area contributed by atoms with Crippen LogP contribution >= 0.6 is 0 Å². The zero-order valence-corrected chi connectivity index (χ0v) is 22.7. The Morgan fingerprint density at radius 2 is 1.82 bits per heavy atom. The maximum Gasteiger partial charge on any atom is 0.328 e. The Morgan fingerprint density at radius 3 is 2.60 bits per heavy atom. The van der Waals surface area contributed by atoms with E-state index >= 15 is 0 Å². The summed E-state index contributed by atoms with van der Waals surface area (Å²) in [7, 11) is 1.65. The molecule has 5 aromatic rings. The zero-order chi connectivity index (χ0) is 27.6. The Labute approximate surface area is 233 Å². The Bertz CT molecular complexity index is 1780. The van der Waals surface area contributed by atoms with Crippen LogP contribution in [0.15, 0.2) is 72.8 Å². The van der Waals surface area contributed by atoms with Gasteiger partial charge in [0, 0.05) is 23.0 Å². The first-order chi connectivity index (χ1) is 19.7. The highest BCUT2D eigenvalue weighted by Crippen LogP contribution is 2.49. The Balaban J connectivity index is 1.58. The van der Waals surface area contributed by atoms with Crippen LogP contribution in [0.1, 0.15) is 34.0 Å². The highest BCUT2D eigenvalue weighted by atomic mass is 16.5. The molecule has 6 nitrogen and oxygen atoms in total. The fourth-order valence-corrected chi connectivity index (χ4v) is 5.98. The van der Waals surface area contributed by atoms with Gasteiger partial charge in [-0.2, -0.15) is 0 Å². The van der Waals surface area contributed by atoms with E-state index in [9.17, 15) is 4.79 Å². The lowest BCUT2D eigenvalue weighted by Crippen LogP contribution is -2.15. The molecule has 0 bridgehead atoms. The van der Waals surface area contributed by atoms with Crippen LogP contribution in [-0.2, 0) is 35.5 Å². The number of hydrogen-bond donors (Lipinski definition) is 0. The van der Waals surface area contributed by atoms with Gasteiger partial charge in [-0.3, -0.25) is 0 Å². The van der Waals surface area contributed by atoms with Crippen molar-refractivity contribution in [2.24, 2.45) is 0 Å². The fraction of sp³-hybridized carbons (Fsp3) is 0.235. The summed E-state index contributed by atoms with van der Waals surface area (Å²) in [5.41, 5.74) is 7.77. The molecule has 0 spiro atoms. The summed E-state index contributed by atoms with van der Waals surface area (Å²) in [6.07, 6.45) is 1.54. The molecule has 0 amide bonds. The average Bonchev–Trinajstić information content (AvgIpc) is 3.33. The van der Waals surface area contributed by atoms with E-state index in [1.807, 2.05) is 54.6 Å². The molecule has 200 valence electrons. The Hall–Kier alpha value is -4.60. The van der Waals surface area contributed by atoms with Crippen molar-refractivity contribution < 1.29 is 19.0 Å². The van der Waals surface area contributed by atoms with Crippen LogP contribution in [0.4, 0.5) is 5.69 Å². The number of esters is 1. The van der Waals surface area contributed by atoms with Crippen molar-refractivity contribution in [3.8, 4) is 16.9 Å². The molecule has 0 unspecified atom stereocenters. The highest BCUT2D eigenvalue weighted by Gasteiger charge is 2.32. The molecule has 6 rings (SSSR count). The smallest absolute Gasteiger partial charge is 0.328 e. The van der Waals surface area contributed by atoms with Crippen molar-refractivity contribution >= 4 is 33.5 Å². The Morgan fingerprint density at radius 1 is 1.02 bits per heavy atom. The molecule has 1 heterocycles. The van der Waals surface area contributed by atoms with Gasteiger partial charge in [-0.1, -0.05) is 54.6 Å². The SMILES string of the molecule is [C-]#[N+]c1c(C(=O)OCC)c2c(c3c1c1ccccc1n3CCOCc1ccccc1)CCc1cc(OC)ccc1-2. The largest absolute Gasteiger partial charge is 0.497 e. The number of carbonyl (C=O) groups is 1. The van der Waals surface area contributed by atoms with E-state index in [-0.39, 0.29) is 6.61 Å². The number of aromatic nitrogens is 1. The number of hydrogen-bond acceptors (Lipinski definition) is 4. The lowest BCUT2D eigenvalue weighted by Gasteiger charge is -2.26. The van der Waals surface area contributed by atoms with Crippen molar-refractivity contribution in [1.29, 1.82) is 0 Å². The maximum absolute atomic E-state index is 13.5. The minimum Gasteiger partial charge on any atom is -0.497 e. The second-order valence-electron chi connectivity index (χ2n) is 9.86. The predicted molar refractivity (Wildman–Crippen MR) is 157 cm³/mol. The quantitative estimate of drug-likeness (QED) is 0.118. The number of fused-ring (bicyclic) bond motifs is 7. The highest BCUT2D eigenvalue weighted by molar-refractivity contribution is 6.22. The summed E-state index contributed by atoms with van der Waals surface area (Å²) >= 11 is 0. The van der Waals surface area contributed by atoms with E-state index < -0.39 is 5.97 Å². The summed E-state index contributed by atoms with van der Waals surface area (Å²) in [5, 5.41) is 1.77. The number of nitrogens with zero attached hydrogens (tertiary/aromatic N) is 2. The van der Waals surface area contributed by atoms with E-state index in [0.29, 0.717) is 31.0 Å². The van der Waals surface area contributed by atoms with E-state index in [0.717, 1.165) is 68.2 Å². The zero-order valence-electron chi connectivity index (χ0n) is 22.7. The van der Waals surface area contributed by atoms with E-state index in [1.54, 1.807) is 14.0 Å². The molecule has 0 saturated carbocycles. The lowest BCUT2D eigenvalue weighted by molar-refractivity contribution is 0.0528. The van der Waals surface area contributed by atoms with Gasteiger partial charge in [-0.15, -0.1) is 0 Å². The molecule has 1 aliphatic carbocycles. The first-order valence-corrected chi connectivity index (χ1v) is 13.6. The second-order valence-corrected chi connectivity index (χ2v) is 9.86. The van der Waals surface area contributed by atoms with Gasteiger partial charge < -0.3 is 18.8 Å². The van der Waals surface area contributed by atoms with E-state index in [2.05, 4.69) is 27.6 Å². The second kappa shape index (κ2) is 10.9. The third-order valence-corrected chi connectivity index (χ3v) is 7.67. The number of rotatable bonds is 8. The van der Waals surface area contributed by atoms with Gasteiger partial charge in [0.15, 0.2) is 0 Å². The van der Waals surface area contributed by atoms with Gasteiger partial charge in [0.25, 0.3) is 0 Å².